The van der Waals surface area contributed by atoms with Crippen molar-refractivity contribution in [2.24, 2.45) is 5.16 Å². The first kappa shape index (κ1) is 17.0. The summed E-state index contributed by atoms with van der Waals surface area (Å²) in [7, 11) is 1.62. The molecule has 2 heterocycles. The number of carbonyl (C=O) groups is 1. The van der Waals surface area contributed by atoms with E-state index in [1.165, 1.54) is 0 Å². The lowest BCUT2D eigenvalue weighted by Gasteiger charge is -2.20. The molecule has 0 fully saturated rings. The normalized spacial score (nSPS) is 19.3. The first-order chi connectivity index (χ1) is 11.9. The van der Waals surface area contributed by atoms with Gasteiger partial charge >= 0.3 is 0 Å². The number of nitrogens with zero attached hydrogens (tertiary/aromatic N) is 3. The molecule has 0 saturated heterocycles. The molecule has 1 aliphatic heterocycles. The van der Waals surface area contributed by atoms with Gasteiger partial charge in [-0.15, -0.1) is 0 Å². The lowest BCUT2D eigenvalue weighted by Crippen LogP contribution is -2.40. The molecular formula is C18H22N4O3. The number of aromatic nitrogens is 2. The smallest absolute Gasteiger partial charge is 0.272 e. The molecule has 0 bridgehead atoms. The van der Waals surface area contributed by atoms with E-state index in [-0.39, 0.29) is 5.91 Å². The molecule has 7 heteroatoms. The Kier molecular flexibility index (Phi) is 4.48. The quantitative estimate of drug-likeness (QED) is 0.906. The summed E-state index contributed by atoms with van der Waals surface area (Å²) in [4.78, 5) is 18.2. The van der Waals surface area contributed by atoms with Crippen LogP contribution in [0.3, 0.4) is 0 Å². The second-order valence-electron chi connectivity index (χ2n) is 6.21. The fourth-order valence-electron chi connectivity index (χ4n) is 2.74. The van der Waals surface area contributed by atoms with Gasteiger partial charge in [-0.25, -0.2) is 4.68 Å². The zero-order chi connectivity index (χ0) is 18.0. The molecule has 1 aromatic carbocycles. The number of anilines is 1. The molecule has 0 saturated carbocycles. The third-order valence-corrected chi connectivity index (χ3v) is 4.21. The molecule has 1 unspecified atom stereocenters. The van der Waals surface area contributed by atoms with Crippen LogP contribution in [0.25, 0.3) is 0 Å². The van der Waals surface area contributed by atoms with Crippen molar-refractivity contribution < 1.29 is 14.4 Å². The maximum Gasteiger partial charge on any atom is 0.272 e. The van der Waals surface area contributed by atoms with E-state index in [1.807, 2.05) is 44.2 Å². The summed E-state index contributed by atoms with van der Waals surface area (Å²) in [5.74, 6) is 1.19. The number of hydrogen-bond acceptors (Lipinski definition) is 5. The third-order valence-electron chi connectivity index (χ3n) is 4.21. The molecule has 3 rings (SSSR count). The minimum absolute atomic E-state index is 0.241. The lowest BCUT2D eigenvalue weighted by molar-refractivity contribution is -0.136. The van der Waals surface area contributed by atoms with Crippen LogP contribution in [-0.4, -0.2) is 34.1 Å². The Morgan fingerprint density at radius 1 is 1.40 bits per heavy atom. The van der Waals surface area contributed by atoms with E-state index in [0.717, 1.165) is 22.7 Å². The Balaban J connectivity index is 1.71. The Labute approximate surface area is 146 Å². The number of ether oxygens (including phenoxy) is 1. The molecule has 0 spiro atoms. The fraction of sp³-hybridized carbons (Fsp3) is 0.389. The van der Waals surface area contributed by atoms with E-state index in [4.69, 9.17) is 9.57 Å². The number of oxime groups is 1. The first-order valence-corrected chi connectivity index (χ1v) is 8.20. The molecule has 1 atom stereocenters. The summed E-state index contributed by atoms with van der Waals surface area (Å²) < 4.78 is 6.90. The van der Waals surface area contributed by atoms with Crippen molar-refractivity contribution in [2.75, 3.05) is 12.4 Å². The Hall–Kier alpha value is -2.83. The Bertz CT molecular complexity index is 810. The average molecular weight is 342 g/mol. The maximum atomic E-state index is 12.7. The SMILES string of the molecule is CCn1nc(C)cc1NC(=O)C1(C)CC(c2ccc(OC)cc2)=NO1. The highest BCUT2D eigenvalue weighted by molar-refractivity contribution is 6.07. The van der Waals surface area contributed by atoms with Gasteiger partial charge in [0.05, 0.1) is 18.5 Å². The fourth-order valence-corrected chi connectivity index (χ4v) is 2.74. The molecule has 0 radical (unpaired) electrons. The summed E-state index contributed by atoms with van der Waals surface area (Å²) in [6, 6.07) is 9.36. The number of benzene rings is 1. The number of aryl methyl sites for hydroxylation is 2. The van der Waals surface area contributed by atoms with E-state index in [9.17, 15) is 4.79 Å². The van der Waals surface area contributed by atoms with Gasteiger partial charge in [-0.2, -0.15) is 5.10 Å². The molecule has 7 nitrogen and oxygen atoms in total. The second-order valence-corrected chi connectivity index (χ2v) is 6.21. The van der Waals surface area contributed by atoms with Gasteiger partial charge in [0, 0.05) is 19.0 Å². The van der Waals surface area contributed by atoms with E-state index in [0.29, 0.717) is 18.8 Å². The highest BCUT2D eigenvalue weighted by Gasteiger charge is 2.42. The van der Waals surface area contributed by atoms with Crippen LogP contribution in [0.5, 0.6) is 5.75 Å². The molecular weight excluding hydrogens is 320 g/mol. The van der Waals surface area contributed by atoms with Crippen molar-refractivity contribution in [3.63, 3.8) is 0 Å². The summed E-state index contributed by atoms with van der Waals surface area (Å²) in [5.41, 5.74) is 1.45. The number of nitrogens with one attached hydrogen (secondary N) is 1. The summed E-state index contributed by atoms with van der Waals surface area (Å²) in [5, 5.41) is 11.3. The van der Waals surface area contributed by atoms with Crippen molar-refractivity contribution >= 4 is 17.4 Å². The van der Waals surface area contributed by atoms with Crippen LogP contribution in [0.15, 0.2) is 35.5 Å². The van der Waals surface area contributed by atoms with Crippen LogP contribution in [0.1, 0.15) is 31.5 Å². The lowest BCUT2D eigenvalue weighted by atomic mass is 9.95. The van der Waals surface area contributed by atoms with Gasteiger partial charge in [-0.3, -0.25) is 4.79 Å². The van der Waals surface area contributed by atoms with Gasteiger partial charge in [-0.1, -0.05) is 5.16 Å². The Morgan fingerprint density at radius 2 is 2.12 bits per heavy atom. The van der Waals surface area contributed by atoms with Gasteiger partial charge in [0.1, 0.15) is 11.6 Å². The molecule has 132 valence electrons. The molecule has 25 heavy (non-hydrogen) atoms. The van der Waals surface area contributed by atoms with Crippen LogP contribution in [0.2, 0.25) is 0 Å². The topological polar surface area (TPSA) is 77.7 Å². The van der Waals surface area contributed by atoms with Crippen LogP contribution < -0.4 is 10.1 Å². The molecule has 1 amide bonds. The van der Waals surface area contributed by atoms with Crippen molar-refractivity contribution in [3.8, 4) is 5.75 Å². The number of carbonyl (C=O) groups excluding carboxylic acids is 1. The molecule has 1 aliphatic rings. The highest BCUT2D eigenvalue weighted by atomic mass is 16.7. The van der Waals surface area contributed by atoms with Crippen LogP contribution in [-0.2, 0) is 16.2 Å². The Morgan fingerprint density at radius 3 is 2.76 bits per heavy atom. The van der Waals surface area contributed by atoms with Crippen molar-refractivity contribution in [1.82, 2.24) is 9.78 Å². The number of amides is 1. The van der Waals surface area contributed by atoms with E-state index in [1.54, 1.807) is 18.7 Å². The summed E-state index contributed by atoms with van der Waals surface area (Å²) in [6.07, 6.45) is 0.393. The van der Waals surface area contributed by atoms with Gasteiger partial charge in [-0.05, 0) is 50.6 Å². The molecule has 1 N–H and O–H groups in total. The van der Waals surface area contributed by atoms with Gasteiger partial charge in [0.2, 0.25) is 5.60 Å². The zero-order valence-corrected chi connectivity index (χ0v) is 14.9. The number of rotatable bonds is 5. The monoisotopic (exact) mass is 342 g/mol. The van der Waals surface area contributed by atoms with Crippen molar-refractivity contribution in [2.45, 2.75) is 39.3 Å². The second kappa shape index (κ2) is 6.58. The molecule has 1 aromatic heterocycles. The van der Waals surface area contributed by atoms with Gasteiger partial charge in [0.25, 0.3) is 5.91 Å². The standard InChI is InChI=1S/C18H22N4O3/c1-5-22-16(10-12(2)20-22)19-17(23)18(3)11-15(21-25-18)13-6-8-14(24-4)9-7-13/h6-10H,5,11H2,1-4H3,(H,19,23). The first-order valence-electron chi connectivity index (χ1n) is 8.20. The van der Waals surface area contributed by atoms with E-state index >= 15 is 0 Å². The summed E-state index contributed by atoms with van der Waals surface area (Å²) >= 11 is 0. The molecule has 0 aliphatic carbocycles. The largest absolute Gasteiger partial charge is 0.497 e. The predicted molar refractivity (Wildman–Crippen MR) is 94.9 cm³/mol. The summed E-state index contributed by atoms with van der Waals surface area (Å²) in [6.45, 7) is 6.28. The average Bonchev–Trinajstić information content (AvgIpc) is 3.18. The third kappa shape index (κ3) is 3.35. The minimum Gasteiger partial charge on any atom is -0.497 e. The molecule has 2 aromatic rings. The zero-order valence-electron chi connectivity index (χ0n) is 14.9. The van der Waals surface area contributed by atoms with Crippen LogP contribution in [0, 0.1) is 6.92 Å². The maximum absolute atomic E-state index is 12.7. The minimum atomic E-state index is -1.05. The number of hydrogen-bond donors (Lipinski definition) is 1. The number of methoxy groups -OCH3 is 1. The van der Waals surface area contributed by atoms with Crippen molar-refractivity contribution in [1.29, 1.82) is 0 Å². The van der Waals surface area contributed by atoms with Gasteiger partial charge in [0.15, 0.2) is 0 Å². The van der Waals surface area contributed by atoms with E-state index in [2.05, 4.69) is 15.6 Å². The van der Waals surface area contributed by atoms with Crippen molar-refractivity contribution in [3.05, 3.63) is 41.6 Å². The van der Waals surface area contributed by atoms with E-state index < -0.39 is 5.60 Å². The van der Waals surface area contributed by atoms with Gasteiger partial charge < -0.3 is 14.9 Å². The van der Waals surface area contributed by atoms with Crippen LogP contribution in [0.4, 0.5) is 5.82 Å². The van der Waals surface area contributed by atoms with Crippen LogP contribution >= 0.6 is 0 Å². The highest BCUT2D eigenvalue weighted by Crippen LogP contribution is 2.29. The predicted octanol–water partition coefficient (Wildman–Crippen LogP) is 2.74.